The third-order valence-electron chi connectivity index (χ3n) is 2.99. The summed E-state index contributed by atoms with van der Waals surface area (Å²) in [5.41, 5.74) is 0. The van der Waals surface area contributed by atoms with Crippen LogP contribution >= 0.6 is 0 Å². The SMILES string of the molecule is O=CNC1CCCCC(Oc2ncccn2)C1. The van der Waals surface area contributed by atoms with Crippen molar-refractivity contribution < 1.29 is 9.53 Å². The molecule has 0 saturated heterocycles. The summed E-state index contributed by atoms with van der Waals surface area (Å²) < 4.78 is 5.73. The van der Waals surface area contributed by atoms with E-state index in [1.807, 2.05) is 0 Å². The van der Waals surface area contributed by atoms with E-state index in [-0.39, 0.29) is 12.1 Å². The Labute approximate surface area is 101 Å². The third-order valence-corrected chi connectivity index (χ3v) is 2.99. The van der Waals surface area contributed by atoms with Crippen LogP contribution in [0.3, 0.4) is 0 Å². The van der Waals surface area contributed by atoms with E-state index in [2.05, 4.69) is 15.3 Å². The summed E-state index contributed by atoms with van der Waals surface area (Å²) in [6.07, 6.45) is 9.29. The molecular formula is C12H17N3O2. The molecule has 1 heterocycles. The molecule has 0 aromatic carbocycles. The number of hydrogen-bond acceptors (Lipinski definition) is 4. The highest BCUT2D eigenvalue weighted by molar-refractivity contribution is 5.46. The quantitative estimate of drug-likeness (QED) is 0.631. The van der Waals surface area contributed by atoms with E-state index in [4.69, 9.17) is 4.74 Å². The lowest BCUT2D eigenvalue weighted by atomic mass is 10.1. The van der Waals surface area contributed by atoms with Crippen LogP contribution in [0, 0.1) is 0 Å². The zero-order valence-electron chi connectivity index (χ0n) is 9.71. The van der Waals surface area contributed by atoms with Crippen LogP contribution in [-0.4, -0.2) is 28.5 Å². The zero-order chi connectivity index (χ0) is 11.9. The number of carbonyl (C=O) groups is 1. The Morgan fingerprint density at radius 1 is 1.29 bits per heavy atom. The van der Waals surface area contributed by atoms with E-state index in [0.29, 0.717) is 6.01 Å². The summed E-state index contributed by atoms with van der Waals surface area (Å²) in [6, 6.07) is 2.39. The van der Waals surface area contributed by atoms with Crippen LogP contribution in [0.5, 0.6) is 6.01 Å². The van der Waals surface area contributed by atoms with Gasteiger partial charge in [-0.2, -0.15) is 0 Å². The average molecular weight is 235 g/mol. The molecule has 0 spiro atoms. The third kappa shape index (κ3) is 3.69. The van der Waals surface area contributed by atoms with Crippen LogP contribution in [0.1, 0.15) is 32.1 Å². The first-order chi connectivity index (χ1) is 8.38. The van der Waals surface area contributed by atoms with E-state index in [9.17, 15) is 4.79 Å². The maximum absolute atomic E-state index is 10.5. The van der Waals surface area contributed by atoms with Gasteiger partial charge in [0.15, 0.2) is 0 Å². The molecule has 0 bridgehead atoms. The van der Waals surface area contributed by atoms with E-state index >= 15 is 0 Å². The number of hydrogen-bond donors (Lipinski definition) is 1. The Hall–Kier alpha value is -1.65. The lowest BCUT2D eigenvalue weighted by Crippen LogP contribution is -2.32. The summed E-state index contributed by atoms with van der Waals surface area (Å²) in [5.74, 6) is 0. The van der Waals surface area contributed by atoms with Crippen molar-refractivity contribution in [2.75, 3.05) is 0 Å². The summed E-state index contributed by atoms with van der Waals surface area (Å²) in [4.78, 5) is 18.6. The summed E-state index contributed by atoms with van der Waals surface area (Å²) >= 11 is 0. The van der Waals surface area contributed by atoms with Crippen LogP contribution in [0.15, 0.2) is 18.5 Å². The predicted octanol–water partition coefficient (Wildman–Crippen LogP) is 1.30. The number of carbonyl (C=O) groups excluding carboxylic acids is 1. The van der Waals surface area contributed by atoms with Crippen LogP contribution in [0.4, 0.5) is 0 Å². The standard InChI is InChI=1S/C12H17N3O2/c16-9-15-10-4-1-2-5-11(8-10)17-12-13-6-3-7-14-12/h3,6-7,9-11H,1-2,4-5,8H2,(H,15,16). The van der Waals surface area contributed by atoms with Gasteiger partial charge in [-0.25, -0.2) is 9.97 Å². The van der Waals surface area contributed by atoms with Gasteiger partial charge in [-0.3, -0.25) is 4.79 Å². The second kappa shape index (κ2) is 6.18. The van der Waals surface area contributed by atoms with Gasteiger partial charge in [-0.1, -0.05) is 6.42 Å². The smallest absolute Gasteiger partial charge is 0.316 e. The Kier molecular flexibility index (Phi) is 4.30. The molecule has 1 aromatic rings. The molecule has 5 nitrogen and oxygen atoms in total. The first kappa shape index (κ1) is 11.8. The van der Waals surface area contributed by atoms with Crippen molar-refractivity contribution in [1.82, 2.24) is 15.3 Å². The van der Waals surface area contributed by atoms with Crippen molar-refractivity contribution in [3.63, 3.8) is 0 Å². The van der Waals surface area contributed by atoms with Crippen molar-refractivity contribution in [1.29, 1.82) is 0 Å². The Morgan fingerprint density at radius 3 is 2.82 bits per heavy atom. The normalized spacial score (nSPS) is 24.7. The van der Waals surface area contributed by atoms with Crippen LogP contribution < -0.4 is 10.1 Å². The molecule has 0 radical (unpaired) electrons. The van der Waals surface area contributed by atoms with Crippen molar-refractivity contribution in [2.24, 2.45) is 0 Å². The molecule has 5 heteroatoms. The second-order valence-electron chi connectivity index (χ2n) is 4.27. The topological polar surface area (TPSA) is 64.1 Å². The van der Waals surface area contributed by atoms with Crippen LogP contribution in [0.2, 0.25) is 0 Å². The number of amides is 1. The van der Waals surface area contributed by atoms with Gasteiger partial charge in [-0.05, 0) is 25.3 Å². The molecule has 1 aliphatic carbocycles. The minimum absolute atomic E-state index is 0.0948. The molecule has 17 heavy (non-hydrogen) atoms. The summed E-state index contributed by atoms with van der Waals surface area (Å²) in [6.45, 7) is 0. The molecule has 1 fully saturated rings. The summed E-state index contributed by atoms with van der Waals surface area (Å²) in [7, 11) is 0. The number of aromatic nitrogens is 2. The highest BCUT2D eigenvalue weighted by atomic mass is 16.5. The molecule has 2 unspecified atom stereocenters. The molecule has 1 aromatic heterocycles. The van der Waals surface area contributed by atoms with Gasteiger partial charge >= 0.3 is 6.01 Å². The molecule has 2 atom stereocenters. The number of nitrogens with zero attached hydrogens (tertiary/aromatic N) is 2. The first-order valence-electron chi connectivity index (χ1n) is 6.02. The zero-order valence-corrected chi connectivity index (χ0v) is 9.71. The maximum atomic E-state index is 10.5. The fourth-order valence-electron chi connectivity index (χ4n) is 2.17. The van der Waals surface area contributed by atoms with Gasteiger partial charge in [-0.15, -0.1) is 0 Å². The van der Waals surface area contributed by atoms with Crippen LogP contribution in [0.25, 0.3) is 0 Å². The monoisotopic (exact) mass is 235 g/mol. The van der Waals surface area contributed by atoms with Crippen molar-refractivity contribution in [3.8, 4) is 6.01 Å². The predicted molar refractivity (Wildman–Crippen MR) is 62.5 cm³/mol. The highest BCUT2D eigenvalue weighted by Crippen LogP contribution is 2.21. The molecule has 2 rings (SSSR count). The molecule has 1 saturated carbocycles. The van der Waals surface area contributed by atoms with E-state index in [1.54, 1.807) is 18.5 Å². The fourth-order valence-corrected chi connectivity index (χ4v) is 2.17. The Morgan fingerprint density at radius 2 is 2.06 bits per heavy atom. The first-order valence-corrected chi connectivity index (χ1v) is 6.02. The minimum atomic E-state index is 0.0948. The Balaban J connectivity index is 1.92. The number of rotatable bonds is 4. The second-order valence-corrected chi connectivity index (χ2v) is 4.27. The molecule has 92 valence electrons. The van der Waals surface area contributed by atoms with E-state index in [1.165, 1.54) is 0 Å². The van der Waals surface area contributed by atoms with Crippen molar-refractivity contribution in [3.05, 3.63) is 18.5 Å². The average Bonchev–Trinajstić information content (AvgIpc) is 2.56. The van der Waals surface area contributed by atoms with Gasteiger partial charge in [0, 0.05) is 24.9 Å². The van der Waals surface area contributed by atoms with Crippen LogP contribution in [-0.2, 0) is 4.79 Å². The van der Waals surface area contributed by atoms with Gasteiger partial charge in [0.2, 0.25) is 6.41 Å². The van der Waals surface area contributed by atoms with E-state index in [0.717, 1.165) is 38.5 Å². The van der Waals surface area contributed by atoms with Gasteiger partial charge in [0.1, 0.15) is 6.10 Å². The minimum Gasteiger partial charge on any atom is -0.460 e. The molecule has 1 aliphatic rings. The summed E-state index contributed by atoms with van der Waals surface area (Å²) in [5, 5.41) is 2.84. The van der Waals surface area contributed by atoms with Gasteiger partial charge in [0.05, 0.1) is 0 Å². The van der Waals surface area contributed by atoms with Gasteiger partial charge < -0.3 is 10.1 Å². The Bertz CT molecular complexity index is 345. The van der Waals surface area contributed by atoms with Crippen molar-refractivity contribution in [2.45, 2.75) is 44.2 Å². The van der Waals surface area contributed by atoms with E-state index < -0.39 is 0 Å². The maximum Gasteiger partial charge on any atom is 0.316 e. The largest absolute Gasteiger partial charge is 0.460 e. The molecule has 0 aliphatic heterocycles. The molecule has 1 N–H and O–H groups in total. The van der Waals surface area contributed by atoms with Crippen molar-refractivity contribution >= 4 is 6.41 Å². The lowest BCUT2D eigenvalue weighted by molar-refractivity contribution is -0.110. The molecular weight excluding hydrogens is 218 g/mol. The lowest BCUT2D eigenvalue weighted by Gasteiger charge is -2.19. The molecule has 1 amide bonds. The fraction of sp³-hybridized carbons (Fsp3) is 0.583. The number of nitrogens with one attached hydrogen (secondary N) is 1. The number of ether oxygens (including phenoxy) is 1. The van der Waals surface area contributed by atoms with Gasteiger partial charge in [0.25, 0.3) is 0 Å². The highest BCUT2D eigenvalue weighted by Gasteiger charge is 2.21.